The quantitative estimate of drug-likeness (QED) is 0.860. The molecule has 0 spiro atoms. The van der Waals surface area contributed by atoms with Gasteiger partial charge in [0.05, 0.1) is 23.9 Å². The van der Waals surface area contributed by atoms with Gasteiger partial charge in [-0.3, -0.25) is 14.3 Å². The maximum atomic E-state index is 12.3. The Labute approximate surface area is 124 Å². The Morgan fingerprint density at radius 3 is 2.95 bits per heavy atom. The topological polar surface area (TPSA) is 76.5 Å². The van der Waals surface area contributed by atoms with Gasteiger partial charge < -0.3 is 15.0 Å². The third-order valence-electron chi connectivity index (χ3n) is 3.71. The van der Waals surface area contributed by atoms with Gasteiger partial charge in [0, 0.05) is 39.9 Å². The highest BCUT2D eigenvalue weighted by Crippen LogP contribution is 2.20. The summed E-state index contributed by atoms with van der Waals surface area (Å²) in [4.78, 5) is 25.8. The highest BCUT2D eigenvalue weighted by molar-refractivity contribution is 5.94. The highest BCUT2D eigenvalue weighted by Gasteiger charge is 2.30. The van der Waals surface area contributed by atoms with Gasteiger partial charge in [0.15, 0.2) is 0 Å². The molecule has 1 fully saturated rings. The Kier molecular flexibility index (Phi) is 4.95. The molecule has 2 amide bonds. The summed E-state index contributed by atoms with van der Waals surface area (Å²) in [5, 5.41) is 7.10. The van der Waals surface area contributed by atoms with E-state index in [0.717, 1.165) is 11.4 Å². The Morgan fingerprint density at radius 2 is 2.33 bits per heavy atom. The van der Waals surface area contributed by atoms with E-state index >= 15 is 0 Å². The van der Waals surface area contributed by atoms with Crippen molar-refractivity contribution >= 4 is 17.5 Å². The van der Waals surface area contributed by atoms with E-state index in [1.54, 1.807) is 22.9 Å². The summed E-state index contributed by atoms with van der Waals surface area (Å²) >= 11 is 0. The molecule has 0 aliphatic carbocycles. The standard InChI is InChI=1S/C14H22N4O3/c1-10-12(9-17(2)16-10)15-14(20)11-4-5-13(19)18(8-11)6-7-21-3/h9,11H,4-8H2,1-3H3,(H,15,20). The maximum absolute atomic E-state index is 12.3. The molecule has 1 atom stereocenters. The van der Waals surface area contributed by atoms with E-state index in [1.807, 2.05) is 14.0 Å². The van der Waals surface area contributed by atoms with Crippen LogP contribution in [0.15, 0.2) is 6.20 Å². The smallest absolute Gasteiger partial charge is 0.229 e. The number of aryl methyl sites for hydroxylation is 2. The molecule has 1 aliphatic rings. The molecule has 1 N–H and O–H groups in total. The van der Waals surface area contributed by atoms with Crippen molar-refractivity contribution in [1.82, 2.24) is 14.7 Å². The van der Waals surface area contributed by atoms with E-state index in [-0.39, 0.29) is 17.7 Å². The fraction of sp³-hybridized carbons (Fsp3) is 0.643. The van der Waals surface area contributed by atoms with Gasteiger partial charge in [-0.2, -0.15) is 5.10 Å². The summed E-state index contributed by atoms with van der Waals surface area (Å²) in [5.74, 6) is -0.145. The number of hydrogen-bond donors (Lipinski definition) is 1. The van der Waals surface area contributed by atoms with Crippen molar-refractivity contribution < 1.29 is 14.3 Å². The molecule has 7 nitrogen and oxygen atoms in total. The Balaban J connectivity index is 1.96. The van der Waals surface area contributed by atoms with E-state index in [1.165, 1.54) is 0 Å². The first kappa shape index (κ1) is 15.5. The number of likely N-dealkylation sites (tertiary alicyclic amines) is 1. The van der Waals surface area contributed by atoms with Crippen LogP contribution in [0.3, 0.4) is 0 Å². The van der Waals surface area contributed by atoms with Crippen molar-refractivity contribution in [3.8, 4) is 0 Å². The molecule has 2 heterocycles. The first-order chi connectivity index (χ1) is 10.0. The molecule has 1 aliphatic heterocycles. The van der Waals surface area contributed by atoms with Crippen LogP contribution >= 0.6 is 0 Å². The lowest BCUT2D eigenvalue weighted by molar-refractivity contribution is -0.137. The Hall–Kier alpha value is -1.89. The van der Waals surface area contributed by atoms with E-state index < -0.39 is 0 Å². The average molecular weight is 294 g/mol. The molecule has 1 aromatic rings. The minimum Gasteiger partial charge on any atom is -0.383 e. The number of rotatable bonds is 5. The molecule has 0 aromatic carbocycles. The number of carbonyl (C=O) groups is 2. The van der Waals surface area contributed by atoms with Crippen LogP contribution < -0.4 is 5.32 Å². The molecule has 21 heavy (non-hydrogen) atoms. The lowest BCUT2D eigenvalue weighted by atomic mass is 9.96. The number of amides is 2. The number of piperidine rings is 1. The van der Waals surface area contributed by atoms with E-state index in [2.05, 4.69) is 10.4 Å². The van der Waals surface area contributed by atoms with Gasteiger partial charge in [-0.1, -0.05) is 0 Å². The normalized spacial score (nSPS) is 18.9. The summed E-state index contributed by atoms with van der Waals surface area (Å²) in [5.41, 5.74) is 1.51. The van der Waals surface area contributed by atoms with Crippen LogP contribution in [0.2, 0.25) is 0 Å². The summed E-state index contributed by atoms with van der Waals surface area (Å²) in [6.45, 7) is 3.32. The molecule has 2 rings (SSSR count). The minimum atomic E-state index is -0.181. The lowest BCUT2D eigenvalue weighted by Crippen LogP contribution is -2.45. The number of aromatic nitrogens is 2. The van der Waals surface area contributed by atoms with Gasteiger partial charge in [0.25, 0.3) is 0 Å². The summed E-state index contributed by atoms with van der Waals surface area (Å²) < 4.78 is 6.66. The fourth-order valence-electron chi connectivity index (χ4n) is 2.50. The molecule has 116 valence electrons. The van der Waals surface area contributed by atoms with Crippen molar-refractivity contribution in [2.24, 2.45) is 13.0 Å². The van der Waals surface area contributed by atoms with Gasteiger partial charge in [-0.05, 0) is 13.3 Å². The highest BCUT2D eigenvalue weighted by atomic mass is 16.5. The molecule has 0 saturated carbocycles. The number of ether oxygens (including phenoxy) is 1. The number of hydrogen-bond acceptors (Lipinski definition) is 4. The van der Waals surface area contributed by atoms with E-state index in [9.17, 15) is 9.59 Å². The lowest BCUT2D eigenvalue weighted by Gasteiger charge is -2.31. The third kappa shape index (κ3) is 3.81. The van der Waals surface area contributed by atoms with Crippen LogP contribution in [-0.2, 0) is 21.4 Å². The number of methoxy groups -OCH3 is 1. The molecule has 1 unspecified atom stereocenters. The zero-order valence-corrected chi connectivity index (χ0v) is 12.8. The number of anilines is 1. The number of nitrogens with zero attached hydrogens (tertiary/aromatic N) is 3. The molecule has 0 bridgehead atoms. The van der Waals surface area contributed by atoms with Crippen molar-refractivity contribution in [1.29, 1.82) is 0 Å². The molecule has 1 aromatic heterocycles. The number of carbonyl (C=O) groups excluding carboxylic acids is 2. The van der Waals surface area contributed by atoms with E-state index in [4.69, 9.17) is 4.74 Å². The summed E-state index contributed by atoms with van der Waals surface area (Å²) in [6.07, 6.45) is 2.78. The van der Waals surface area contributed by atoms with Gasteiger partial charge in [0.2, 0.25) is 11.8 Å². The SMILES string of the molecule is COCCN1CC(C(=O)Nc2cn(C)nc2C)CCC1=O. The monoisotopic (exact) mass is 294 g/mol. The third-order valence-corrected chi connectivity index (χ3v) is 3.71. The zero-order valence-electron chi connectivity index (χ0n) is 12.8. The Morgan fingerprint density at radius 1 is 1.57 bits per heavy atom. The van der Waals surface area contributed by atoms with Crippen molar-refractivity contribution in [3.63, 3.8) is 0 Å². The summed E-state index contributed by atoms with van der Waals surface area (Å²) in [7, 11) is 3.41. The largest absolute Gasteiger partial charge is 0.383 e. The predicted octanol–water partition coefficient (Wildman–Crippen LogP) is 0.552. The Bertz CT molecular complexity index is 526. The molecule has 0 radical (unpaired) electrons. The predicted molar refractivity (Wildman–Crippen MR) is 77.8 cm³/mol. The van der Waals surface area contributed by atoms with Crippen LogP contribution in [-0.4, -0.2) is 53.3 Å². The molecule has 1 saturated heterocycles. The van der Waals surface area contributed by atoms with Crippen LogP contribution in [0.1, 0.15) is 18.5 Å². The second kappa shape index (κ2) is 6.71. The van der Waals surface area contributed by atoms with Crippen molar-refractivity contribution in [3.05, 3.63) is 11.9 Å². The molecule has 7 heteroatoms. The van der Waals surface area contributed by atoms with Crippen molar-refractivity contribution in [2.75, 3.05) is 32.1 Å². The first-order valence-electron chi connectivity index (χ1n) is 7.09. The molecular formula is C14H22N4O3. The van der Waals surface area contributed by atoms with Crippen LogP contribution in [0, 0.1) is 12.8 Å². The second-order valence-corrected chi connectivity index (χ2v) is 5.36. The number of nitrogens with one attached hydrogen (secondary N) is 1. The zero-order chi connectivity index (χ0) is 15.4. The minimum absolute atomic E-state index is 0.0546. The van der Waals surface area contributed by atoms with Gasteiger partial charge in [-0.25, -0.2) is 0 Å². The summed E-state index contributed by atoms with van der Waals surface area (Å²) in [6, 6.07) is 0. The van der Waals surface area contributed by atoms with Crippen LogP contribution in [0.5, 0.6) is 0 Å². The second-order valence-electron chi connectivity index (χ2n) is 5.36. The van der Waals surface area contributed by atoms with Gasteiger partial charge >= 0.3 is 0 Å². The van der Waals surface area contributed by atoms with Crippen LogP contribution in [0.4, 0.5) is 5.69 Å². The van der Waals surface area contributed by atoms with Crippen LogP contribution in [0.25, 0.3) is 0 Å². The fourth-order valence-corrected chi connectivity index (χ4v) is 2.50. The van der Waals surface area contributed by atoms with Crippen molar-refractivity contribution in [2.45, 2.75) is 19.8 Å². The van der Waals surface area contributed by atoms with Gasteiger partial charge in [0.1, 0.15) is 0 Å². The van der Waals surface area contributed by atoms with E-state index in [0.29, 0.717) is 32.5 Å². The maximum Gasteiger partial charge on any atom is 0.229 e. The average Bonchev–Trinajstić information content (AvgIpc) is 2.76. The van der Waals surface area contributed by atoms with Gasteiger partial charge in [-0.15, -0.1) is 0 Å². The first-order valence-corrected chi connectivity index (χ1v) is 7.09. The molecular weight excluding hydrogens is 272 g/mol.